The summed E-state index contributed by atoms with van der Waals surface area (Å²) in [6.45, 7) is -0.0595. The summed E-state index contributed by atoms with van der Waals surface area (Å²) < 4.78 is 0. The smallest absolute Gasteiger partial charge is 0.290 e. The molecule has 1 aliphatic heterocycles. The number of imide groups is 1. The van der Waals surface area contributed by atoms with Gasteiger partial charge in [0.2, 0.25) is 5.91 Å². The van der Waals surface area contributed by atoms with Crippen LogP contribution in [0.15, 0.2) is 11.0 Å². The fourth-order valence-corrected chi connectivity index (χ4v) is 1.42. The van der Waals surface area contributed by atoms with Crippen LogP contribution in [0.2, 0.25) is 0 Å². The molecular formula is C7H8N2O4S. The lowest BCUT2D eigenvalue weighted by molar-refractivity contribution is -0.118. The number of thioether (sulfide) groups is 1. The maximum atomic E-state index is 11.0. The zero-order chi connectivity index (χ0) is 10.6. The van der Waals surface area contributed by atoms with E-state index in [0.717, 1.165) is 6.08 Å². The average molecular weight is 216 g/mol. The van der Waals surface area contributed by atoms with E-state index in [0.29, 0.717) is 11.8 Å². The summed E-state index contributed by atoms with van der Waals surface area (Å²) in [6, 6.07) is 0. The predicted octanol–water partition coefficient (Wildman–Crippen LogP) is -1.04. The van der Waals surface area contributed by atoms with Crippen LogP contribution in [-0.4, -0.2) is 35.3 Å². The molecule has 76 valence electrons. The topological polar surface area (TPSA) is 95.5 Å². The largest absolute Gasteiger partial charge is 0.395 e. The first-order valence-corrected chi connectivity index (χ1v) is 4.58. The fourth-order valence-electron chi connectivity index (χ4n) is 0.770. The van der Waals surface area contributed by atoms with Crippen LogP contribution in [0.1, 0.15) is 0 Å². The van der Waals surface area contributed by atoms with Gasteiger partial charge in [0, 0.05) is 12.6 Å². The van der Waals surface area contributed by atoms with Crippen molar-refractivity contribution in [2.24, 2.45) is 0 Å². The molecule has 1 fully saturated rings. The summed E-state index contributed by atoms with van der Waals surface area (Å²) in [7, 11) is 0. The molecule has 1 saturated heterocycles. The van der Waals surface area contributed by atoms with Gasteiger partial charge in [-0.1, -0.05) is 0 Å². The molecule has 0 spiro atoms. The third kappa shape index (κ3) is 2.86. The summed E-state index contributed by atoms with van der Waals surface area (Å²) in [4.78, 5) is 32.7. The van der Waals surface area contributed by atoms with Crippen LogP contribution in [-0.2, 0) is 9.59 Å². The first kappa shape index (κ1) is 10.7. The second-order valence-electron chi connectivity index (χ2n) is 2.37. The minimum Gasteiger partial charge on any atom is -0.395 e. The van der Waals surface area contributed by atoms with Crippen LogP contribution in [0.25, 0.3) is 0 Å². The molecular weight excluding hydrogens is 208 g/mol. The van der Waals surface area contributed by atoms with Crippen LogP contribution < -0.4 is 10.6 Å². The predicted molar refractivity (Wildman–Crippen MR) is 49.3 cm³/mol. The van der Waals surface area contributed by atoms with Crippen LogP contribution in [0.5, 0.6) is 0 Å². The Kier molecular flexibility index (Phi) is 3.66. The molecule has 6 nitrogen and oxygen atoms in total. The van der Waals surface area contributed by atoms with Gasteiger partial charge in [-0.2, -0.15) is 0 Å². The highest BCUT2D eigenvalue weighted by Gasteiger charge is 2.25. The van der Waals surface area contributed by atoms with Gasteiger partial charge in [-0.25, -0.2) is 0 Å². The molecule has 1 rings (SSSR count). The third-order valence-electron chi connectivity index (χ3n) is 1.32. The number of amides is 3. The van der Waals surface area contributed by atoms with Gasteiger partial charge in [0.05, 0.1) is 11.5 Å². The molecule has 0 aliphatic carbocycles. The number of aliphatic hydroxyl groups is 1. The maximum Gasteiger partial charge on any atom is 0.290 e. The second kappa shape index (κ2) is 4.77. The van der Waals surface area contributed by atoms with Gasteiger partial charge >= 0.3 is 0 Å². The van der Waals surface area contributed by atoms with Crippen molar-refractivity contribution in [3.63, 3.8) is 0 Å². The summed E-state index contributed by atoms with van der Waals surface area (Å²) in [5.74, 6) is -1.08. The van der Waals surface area contributed by atoms with Crippen molar-refractivity contribution in [3.05, 3.63) is 11.0 Å². The van der Waals surface area contributed by atoms with E-state index < -0.39 is 17.1 Å². The fraction of sp³-hybridized carbons (Fsp3) is 0.286. The number of nitrogens with one attached hydrogen (secondary N) is 2. The molecule has 3 amide bonds. The van der Waals surface area contributed by atoms with E-state index >= 15 is 0 Å². The van der Waals surface area contributed by atoms with Gasteiger partial charge in [-0.05, 0) is 11.8 Å². The normalized spacial score (nSPS) is 18.5. The van der Waals surface area contributed by atoms with Crippen molar-refractivity contribution >= 4 is 28.8 Å². The molecule has 1 heterocycles. The quantitative estimate of drug-likeness (QED) is 0.524. The zero-order valence-electron chi connectivity index (χ0n) is 7.07. The highest BCUT2D eigenvalue weighted by atomic mass is 32.2. The van der Waals surface area contributed by atoms with Gasteiger partial charge < -0.3 is 10.4 Å². The van der Waals surface area contributed by atoms with Crippen LogP contribution in [0, 0.1) is 0 Å². The summed E-state index contributed by atoms with van der Waals surface area (Å²) in [5.41, 5.74) is 0. The van der Waals surface area contributed by atoms with Crippen LogP contribution in [0.4, 0.5) is 4.79 Å². The van der Waals surface area contributed by atoms with Crippen molar-refractivity contribution in [1.82, 2.24) is 10.6 Å². The number of carbonyl (C=O) groups excluding carboxylic acids is 3. The molecule has 7 heteroatoms. The van der Waals surface area contributed by atoms with Crippen molar-refractivity contribution in [3.8, 4) is 0 Å². The minimum absolute atomic E-state index is 0.0606. The average Bonchev–Trinajstić information content (AvgIpc) is 2.42. The second-order valence-corrected chi connectivity index (χ2v) is 3.38. The SMILES string of the molecule is O=C(/C=C1\SC(=O)NC1=O)NCCO. The highest BCUT2D eigenvalue weighted by Crippen LogP contribution is 2.22. The summed E-state index contributed by atoms with van der Waals surface area (Å²) in [5, 5.41) is 12.2. The number of hydrogen-bond donors (Lipinski definition) is 3. The molecule has 3 N–H and O–H groups in total. The Morgan fingerprint density at radius 1 is 1.57 bits per heavy atom. The zero-order valence-corrected chi connectivity index (χ0v) is 7.89. The standard InChI is InChI=1S/C7H8N2O4S/c10-2-1-8-5(11)3-4-6(12)9-7(13)14-4/h3,10H,1-2H2,(H,8,11)(H,9,12,13)/b4-3-. The molecule has 0 saturated carbocycles. The third-order valence-corrected chi connectivity index (χ3v) is 2.13. The van der Waals surface area contributed by atoms with E-state index in [4.69, 9.17) is 5.11 Å². The summed E-state index contributed by atoms with van der Waals surface area (Å²) in [6.07, 6.45) is 1.03. The molecule has 0 bridgehead atoms. The van der Waals surface area contributed by atoms with Crippen molar-refractivity contribution in [2.75, 3.05) is 13.2 Å². The molecule has 14 heavy (non-hydrogen) atoms. The molecule has 0 aromatic rings. The molecule has 0 atom stereocenters. The van der Waals surface area contributed by atoms with E-state index in [9.17, 15) is 14.4 Å². The molecule has 1 aliphatic rings. The number of rotatable bonds is 3. The van der Waals surface area contributed by atoms with Crippen LogP contribution in [0.3, 0.4) is 0 Å². The first-order valence-electron chi connectivity index (χ1n) is 3.77. The lowest BCUT2D eigenvalue weighted by atomic mass is 10.4. The monoisotopic (exact) mass is 216 g/mol. The van der Waals surface area contributed by atoms with E-state index in [1.165, 1.54) is 0 Å². The maximum absolute atomic E-state index is 11.0. The Balaban J connectivity index is 2.55. The Morgan fingerprint density at radius 2 is 2.29 bits per heavy atom. The Bertz CT molecular complexity index is 313. The molecule has 0 aromatic heterocycles. The van der Waals surface area contributed by atoms with Crippen molar-refractivity contribution in [1.29, 1.82) is 0 Å². The van der Waals surface area contributed by atoms with Gasteiger partial charge in [-0.3, -0.25) is 19.7 Å². The number of hydrogen-bond acceptors (Lipinski definition) is 5. The Morgan fingerprint density at radius 3 is 2.79 bits per heavy atom. The summed E-state index contributed by atoms with van der Waals surface area (Å²) >= 11 is 0.674. The first-order chi connectivity index (χ1) is 6.63. The van der Waals surface area contributed by atoms with Gasteiger partial charge in [0.25, 0.3) is 11.1 Å². The molecule has 0 aromatic carbocycles. The van der Waals surface area contributed by atoms with E-state index in [1.807, 2.05) is 5.32 Å². The van der Waals surface area contributed by atoms with Gasteiger partial charge in [-0.15, -0.1) is 0 Å². The van der Waals surface area contributed by atoms with E-state index in [-0.39, 0.29) is 18.1 Å². The van der Waals surface area contributed by atoms with Gasteiger partial charge in [0.1, 0.15) is 0 Å². The lowest BCUT2D eigenvalue weighted by Crippen LogP contribution is -2.25. The Hall–Kier alpha value is -1.34. The molecule has 0 unspecified atom stereocenters. The van der Waals surface area contributed by atoms with E-state index in [1.54, 1.807) is 0 Å². The number of aliphatic hydroxyl groups excluding tert-OH is 1. The number of carbonyl (C=O) groups is 3. The molecule has 0 radical (unpaired) electrons. The highest BCUT2D eigenvalue weighted by molar-refractivity contribution is 8.18. The van der Waals surface area contributed by atoms with Gasteiger partial charge in [0.15, 0.2) is 0 Å². The lowest BCUT2D eigenvalue weighted by Gasteiger charge is -1.97. The van der Waals surface area contributed by atoms with Crippen molar-refractivity contribution < 1.29 is 19.5 Å². The van der Waals surface area contributed by atoms with Crippen LogP contribution >= 0.6 is 11.8 Å². The minimum atomic E-state index is -0.570. The van der Waals surface area contributed by atoms with Crippen molar-refractivity contribution in [2.45, 2.75) is 0 Å². The van der Waals surface area contributed by atoms with E-state index in [2.05, 4.69) is 5.32 Å². The Labute approximate surface area is 83.7 Å².